The van der Waals surface area contributed by atoms with Gasteiger partial charge in [0.05, 0.1) is 28.5 Å². The van der Waals surface area contributed by atoms with E-state index in [0.29, 0.717) is 47.1 Å². The molecule has 0 radical (unpaired) electrons. The number of hydrogen-bond donors (Lipinski definition) is 4. The monoisotopic (exact) mass is 664 g/mol. The fourth-order valence-corrected chi connectivity index (χ4v) is 5.44. The highest BCUT2D eigenvalue weighted by Gasteiger charge is 2.19. The maximum absolute atomic E-state index is 13.2. The van der Waals surface area contributed by atoms with E-state index in [0.717, 1.165) is 43.1 Å². The molecule has 4 heterocycles. The molecule has 256 valence electrons. The van der Waals surface area contributed by atoms with Crippen LogP contribution in [0.3, 0.4) is 0 Å². The molecule has 1 aliphatic rings. The fraction of sp³-hybridized carbons (Fsp3) is 0.306. The number of benzene rings is 1. The van der Waals surface area contributed by atoms with Crippen molar-refractivity contribution in [2.75, 3.05) is 69.4 Å². The molecule has 1 fully saturated rings. The van der Waals surface area contributed by atoms with Crippen molar-refractivity contribution in [3.63, 3.8) is 0 Å². The van der Waals surface area contributed by atoms with Crippen LogP contribution in [-0.2, 0) is 14.1 Å². The molecular weight excluding hydrogens is 620 g/mol. The first-order valence-electron chi connectivity index (χ1n) is 16.1. The highest BCUT2D eigenvalue weighted by atomic mass is 16.2. The zero-order chi connectivity index (χ0) is 35.1. The van der Waals surface area contributed by atoms with E-state index in [4.69, 9.17) is 5.41 Å². The van der Waals surface area contributed by atoms with Gasteiger partial charge in [0.1, 0.15) is 11.4 Å². The highest BCUT2D eigenvalue weighted by Crippen LogP contribution is 2.19. The van der Waals surface area contributed by atoms with Gasteiger partial charge >= 0.3 is 0 Å². The van der Waals surface area contributed by atoms with E-state index in [2.05, 4.69) is 32.9 Å². The summed E-state index contributed by atoms with van der Waals surface area (Å²) >= 11 is 0. The molecule has 13 nitrogen and oxygen atoms in total. The molecule has 4 aromatic rings. The minimum absolute atomic E-state index is 0.286. The summed E-state index contributed by atoms with van der Waals surface area (Å²) in [5, 5.41) is 16.9. The maximum Gasteiger partial charge on any atom is 0.272 e. The topological polar surface area (TPSA) is 144 Å². The molecule has 49 heavy (non-hydrogen) atoms. The number of nitrogens with one attached hydrogen (secondary N) is 4. The van der Waals surface area contributed by atoms with Gasteiger partial charge in [-0.2, -0.15) is 0 Å². The summed E-state index contributed by atoms with van der Waals surface area (Å²) in [5.74, 6) is -0.508. The van der Waals surface area contributed by atoms with E-state index in [1.807, 2.05) is 60.3 Å². The lowest BCUT2D eigenvalue weighted by atomic mass is 10.1. The molecule has 0 spiro atoms. The third-order valence-corrected chi connectivity index (χ3v) is 8.43. The summed E-state index contributed by atoms with van der Waals surface area (Å²) < 4.78 is 3.26. The van der Waals surface area contributed by atoms with Crippen LogP contribution in [0.2, 0.25) is 0 Å². The molecule has 3 aromatic heterocycles. The largest absolute Gasteiger partial charge is 0.378 e. The summed E-state index contributed by atoms with van der Waals surface area (Å²) in [5.41, 5.74) is 4.89. The van der Waals surface area contributed by atoms with E-state index in [1.165, 1.54) is 6.20 Å². The second-order valence-corrected chi connectivity index (χ2v) is 12.4. The Morgan fingerprint density at radius 1 is 0.816 bits per heavy atom. The molecule has 0 unspecified atom stereocenters. The van der Waals surface area contributed by atoms with Crippen molar-refractivity contribution < 1.29 is 14.4 Å². The van der Waals surface area contributed by atoms with Gasteiger partial charge in [-0.1, -0.05) is 18.2 Å². The predicted octanol–water partition coefficient (Wildman–Crippen LogP) is 3.84. The normalized spacial score (nSPS) is 13.4. The van der Waals surface area contributed by atoms with Crippen molar-refractivity contribution in [3.8, 4) is 0 Å². The molecular formula is C36H44N10O3. The minimum atomic E-state index is -0.393. The molecule has 0 saturated carbocycles. The molecule has 0 atom stereocenters. The Labute approximate surface area is 286 Å². The number of carbonyl (C=O) groups excluding carboxylic acids is 3. The highest BCUT2D eigenvalue weighted by molar-refractivity contribution is 6.07. The van der Waals surface area contributed by atoms with Crippen molar-refractivity contribution in [3.05, 3.63) is 95.3 Å². The predicted molar refractivity (Wildman–Crippen MR) is 194 cm³/mol. The average Bonchev–Trinajstić information content (AvgIpc) is 3.64. The number of likely N-dealkylation sites (N-methyl/N-ethyl adjacent to an activating group) is 1. The maximum atomic E-state index is 13.2. The molecule has 0 bridgehead atoms. The molecule has 1 saturated heterocycles. The van der Waals surface area contributed by atoms with E-state index < -0.39 is 5.91 Å². The standard InChI is InChI=1S/C36H44N10O3/c1-42(2)30-12-7-25(8-13-30)6-10-27-11-9-26(22-39-27)34(47)40-28-21-32(45(5)23-28)36(49)41-29-20-31(44(4)24-29)35(48)38-15-14-33(37)46-18-16-43(3)17-19-46/h6-13,20-24,37H,14-19H2,1-5H3,(H,38,48)(H,40,47)(H,41,49). The number of nitrogens with zero attached hydrogens (tertiary/aromatic N) is 6. The third kappa shape index (κ3) is 9.02. The Kier molecular flexibility index (Phi) is 10.9. The van der Waals surface area contributed by atoms with Gasteiger partial charge < -0.3 is 39.8 Å². The van der Waals surface area contributed by atoms with Gasteiger partial charge in [-0.25, -0.2) is 0 Å². The Bertz CT molecular complexity index is 1830. The number of aryl methyl sites for hydroxylation is 2. The van der Waals surface area contributed by atoms with Gasteiger partial charge in [0.2, 0.25) is 0 Å². The number of carbonyl (C=O) groups is 3. The van der Waals surface area contributed by atoms with Crippen molar-refractivity contribution in [2.24, 2.45) is 14.1 Å². The summed E-state index contributed by atoms with van der Waals surface area (Å²) in [6.45, 7) is 3.82. The van der Waals surface area contributed by atoms with Crippen LogP contribution in [0.1, 0.15) is 49.0 Å². The fourth-order valence-electron chi connectivity index (χ4n) is 5.44. The van der Waals surface area contributed by atoms with Gasteiger partial charge in [-0.05, 0) is 55.1 Å². The van der Waals surface area contributed by atoms with E-state index in [1.54, 1.807) is 59.9 Å². The lowest BCUT2D eigenvalue weighted by Gasteiger charge is -2.34. The molecule has 0 aliphatic carbocycles. The number of amidine groups is 1. The summed E-state index contributed by atoms with van der Waals surface area (Å²) in [7, 11) is 9.51. The van der Waals surface area contributed by atoms with E-state index in [-0.39, 0.29) is 11.8 Å². The summed E-state index contributed by atoms with van der Waals surface area (Å²) in [4.78, 5) is 49.7. The van der Waals surface area contributed by atoms with Crippen LogP contribution in [0.4, 0.5) is 17.1 Å². The molecule has 13 heteroatoms. The van der Waals surface area contributed by atoms with Crippen LogP contribution >= 0.6 is 0 Å². The van der Waals surface area contributed by atoms with Gasteiger partial charge in [-0.3, -0.25) is 24.8 Å². The number of hydrogen-bond acceptors (Lipinski definition) is 7. The first-order valence-corrected chi connectivity index (χ1v) is 16.1. The Hall–Kier alpha value is -5.69. The lowest BCUT2D eigenvalue weighted by molar-refractivity contribution is 0.0944. The number of aromatic nitrogens is 3. The Morgan fingerprint density at radius 2 is 1.43 bits per heavy atom. The lowest BCUT2D eigenvalue weighted by Crippen LogP contribution is -2.47. The molecule has 4 N–H and O–H groups in total. The number of anilines is 3. The van der Waals surface area contributed by atoms with Gasteiger partial charge in [0.25, 0.3) is 17.7 Å². The van der Waals surface area contributed by atoms with Crippen molar-refractivity contribution in [1.29, 1.82) is 5.41 Å². The van der Waals surface area contributed by atoms with E-state index >= 15 is 0 Å². The van der Waals surface area contributed by atoms with Crippen molar-refractivity contribution in [1.82, 2.24) is 29.2 Å². The minimum Gasteiger partial charge on any atom is -0.378 e. The molecule has 3 amide bonds. The number of pyridine rings is 1. The second-order valence-electron chi connectivity index (χ2n) is 12.4. The van der Waals surface area contributed by atoms with Crippen LogP contribution in [-0.4, -0.2) is 101 Å². The van der Waals surface area contributed by atoms with Gasteiger partial charge in [0.15, 0.2) is 0 Å². The molecule has 1 aromatic carbocycles. The van der Waals surface area contributed by atoms with Crippen LogP contribution in [0.15, 0.2) is 67.1 Å². The quantitative estimate of drug-likeness (QED) is 0.141. The zero-order valence-corrected chi connectivity index (χ0v) is 28.7. The Balaban J connectivity index is 1.12. The first-order chi connectivity index (χ1) is 23.5. The van der Waals surface area contributed by atoms with E-state index in [9.17, 15) is 14.4 Å². The van der Waals surface area contributed by atoms with Crippen LogP contribution in [0.5, 0.6) is 0 Å². The van der Waals surface area contributed by atoms with Gasteiger partial charge in [-0.15, -0.1) is 0 Å². The number of piperazine rings is 1. The third-order valence-electron chi connectivity index (χ3n) is 8.43. The molecule has 5 rings (SSSR count). The van der Waals surface area contributed by atoms with Crippen LogP contribution in [0.25, 0.3) is 12.2 Å². The van der Waals surface area contributed by atoms with Gasteiger partial charge in [0, 0.05) is 91.6 Å². The smallest absolute Gasteiger partial charge is 0.272 e. The van der Waals surface area contributed by atoms with Crippen LogP contribution < -0.4 is 20.9 Å². The summed E-state index contributed by atoms with van der Waals surface area (Å²) in [6.07, 6.45) is 9.14. The van der Waals surface area contributed by atoms with Crippen molar-refractivity contribution >= 4 is 52.8 Å². The van der Waals surface area contributed by atoms with Crippen LogP contribution in [0, 0.1) is 5.41 Å². The zero-order valence-electron chi connectivity index (χ0n) is 28.7. The molecule has 1 aliphatic heterocycles. The SMILES string of the molecule is CN1CCN(C(=N)CCNC(=O)c2cc(NC(=O)c3cc(NC(=O)c4ccc(C=Cc5ccc(N(C)C)cc5)nc4)cn3C)cn2C)CC1. The Morgan fingerprint density at radius 3 is 2.02 bits per heavy atom. The first kappa shape index (κ1) is 34.6. The van der Waals surface area contributed by atoms with Crippen molar-refractivity contribution in [2.45, 2.75) is 6.42 Å². The number of rotatable bonds is 11. The average molecular weight is 665 g/mol. The second kappa shape index (κ2) is 15.5. The number of amides is 3. The summed E-state index contributed by atoms with van der Waals surface area (Å²) in [6, 6.07) is 14.8.